The molecule has 1 aromatic rings. The molecule has 0 aliphatic heterocycles. The number of benzene rings is 1. The molecule has 22 heavy (non-hydrogen) atoms. The quantitative estimate of drug-likeness (QED) is 0.920. The first kappa shape index (κ1) is 17.3. The molecule has 0 radical (unpaired) electrons. The Morgan fingerprint density at radius 2 is 1.59 bits per heavy atom. The fourth-order valence-corrected chi connectivity index (χ4v) is 4.42. The van der Waals surface area contributed by atoms with E-state index in [0.29, 0.717) is 22.0 Å². The molecular formula is C17H27NO3S. The smallest absolute Gasteiger partial charge is 0.240 e. The van der Waals surface area contributed by atoms with Gasteiger partial charge in [0.2, 0.25) is 10.0 Å². The molecule has 0 amide bonds. The molecule has 124 valence electrons. The molecule has 1 aliphatic carbocycles. The summed E-state index contributed by atoms with van der Waals surface area (Å²) in [7, 11) is -1.88. The zero-order valence-electron chi connectivity index (χ0n) is 13.9. The van der Waals surface area contributed by atoms with Crippen LogP contribution in [-0.2, 0) is 10.0 Å². The fourth-order valence-electron chi connectivity index (χ4n) is 3.12. The Hall–Kier alpha value is -1.07. The first-order valence-electron chi connectivity index (χ1n) is 7.89. The molecule has 0 spiro atoms. The molecule has 0 bridgehead atoms. The third kappa shape index (κ3) is 4.23. The SMILES string of the molecule is COc1ccc(S(=O)(=O)NC2CCC(C(C)(C)C)CC2)cc1. The first-order chi connectivity index (χ1) is 10.2. The van der Waals surface area contributed by atoms with E-state index in [1.165, 1.54) is 0 Å². The van der Waals surface area contributed by atoms with E-state index in [9.17, 15) is 8.42 Å². The van der Waals surface area contributed by atoms with Crippen molar-refractivity contribution in [2.24, 2.45) is 11.3 Å². The third-order valence-electron chi connectivity index (χ3n) is 4.64. The monoisotopic (exact) mass is 325 g/mol. The van der Waals surface area contributed by atoms with Gasteiger partial charge in [0.1, 0.15) is 5.75 Å². The van der Waals surface area contributed by atoms with Gasteiger partial charge in [-0.3, -0.25) is 0 Å². The Morgan fingerprint density at radius 3 is 2.05 bits per heavy atom. The van der Waals surface area contributed by atoms with Gasteiger partial charge in [0.15, 0.2) is 0 Å². The Bertz CT molecular complexity index is 579. The average Bonchev–Trinajstić information content (AvgIpc) is 2.46. The summed E-state index contributed by atoms with van der Waals surface area (Å²) < 4.78 is 32.8. The van der Waals surface area contributed by atoms with Crippen molar-refractivity contribution in [1.82, 2.24) is 4.72 Å². The van der Waals surface area contributed by atoms with Crippen LogP contribution in [0.1, 0.15) is 46.5 Å². The van der Waals surface area contributed by atoms with Crippen LogP contribution in [-0.4, -0.2) is 21.6 Å². The maximum Gasteiger partial charge on any atom is 0.240 e. The highest BCUT2D eigenvalue weighted by Crippen LogP contribution is 2.38. The highest BCUT2D eigenvalue weighted by Gasteiger charge is 2.31. The lowest BCUT2D eigenvalue weighted by Gasteiger charge is -2.37. The lowest BCUT2D eigenvalue weighted by molar-refractivity contribution is 0.166. The van der Waals surface area contributed by atoms with Gasteiger partial charge >= 0.3 is 0 Å². The van der Waals surface area contributed by atoms with Crippen molar-refractivity contribution in [1.29, 1.82) is 0 Å². The van der Waals surface area contributed by atoms with E-state index in [-0.39, 0.29) is 6.04 Å². The average molecular weight is 325 g/mol. The molecule has 1 saturated carbocycles. The van der Waals surface area contributed by atoms with E-state index in [1.54, 1.807) is 31.4 Å². The Labute approximate surface area is 134 Å². The highest BCUT2D eigenvalue weighted by molar-refractivity contribution is 7.89. The van der Waals surface area contributed by atoms with Crippen molar-refractivity contribution in [2.45, 2.75) is 57.4 Å². The van der Waals surface area contributed by atoms with Crippen LogP contribution in [0.15, 0.2) is 29.2 Å². The van der Waals surface area contributed by atoms with Crippen molar-refractivity contribution >= 4 is 10.0 Å². The molecular weight excluding hydrogens is 298 g/mol. The molecule has 1 N–H and O–H groups in total. The molecule has 0 saturated heterocycles. The summed E-state index contributed by atoms with van der Waals surface area (Å²) in [5.41, 5.74) is 0.305. The Balaban J connectivity index is 1.98. The minimum absolute atomic E-state index is 0.0469. The van der Waals surface area contributed by atoms with E-state index in [4.69, 9.17) is 4.74 Å². The molecule has 0 aromatic heterocycles. The predicted octanol–water partition coefficient (Wildman–Crippen LogP) is 3.58. The molecule has 1 fully saturated rings. The van der Waals surface area contributed by atoms with Gasteiger partial charge in [0, 0.05) is 6.04 Å². The van der Waals surface area contributed by atoms with Gasteiger partial charge in [-0.1, -0.05) is 20.8 Å². The summed E-state index contributed by atoms with van der Waals surface area (Å²) in [6, 6.07) is 6.56. The summed E-state index contributed by atoms with van der Waals surface area (Å²) in [5, 5.41) is 0. The van der Waals surface area contributed by atoms with E-state index in [2.05, 4.69) is 25.5 Å². The summed E-state index contributed by atoms with van der Waals surface area (Å²) in [5.74, 6) is 1.33. The van der Waals surface area contributed by atoms with Crippen molar-refractivity contribution < 1.29 is 13.2 Å². The molecule has 0 unspecified atom stereocenters. The zero-order chi connectivity index (χ0) is 16.4. The minimum Gasteiger partial charge on any atom is -0.497 e. The number of nitrogens with one attached hydrogen (secondary N) is 1. The van der Waals surface area contributed by atoms with Gasteiger partial charge in [-0.05, 0) is 61.3 Å². The van der Waals surface area contributed by atoms with Crippen LogP contribution in [0, 0.1) is 11.3 Å². The van der Waals surface area contributed by atoms with E-state index < -0.39 is 10.0 Å². The van der Waals surface area contributed by atoms with Crippen molar-refractivity contribution in [3.05, 3.63) is 24.3 Å². The fraction of sp³-hybridized carbons (Fsp3) is 0.647. The van der Waals surface area contributed by atoms with Crippen LogP contribution in [0.5, 0.6) is 5.75 Å². The van der Waals surface area contributed by atoms with Gasteiger partial charge < -0.3 is 4.74 Å². The van der Waals surface area contributed by atoms with Crippen LogP contribution >= 0.6 is 0 Å². The van der Waals surface area contributed by atoms with Crippen molar-refractivity contribution in [2.75, 3.05) is 7.11 Å². The summed E-state index contributed by atoms with van der Waals surface area (Å²) in [6.07, 6.45) is 3.99. The van der Waals surface area contributed by atoms with E-state index in [0.717, 1.165) is 25.7 Å². The van der Waals surface area contributed by atoms with E-state index in [1.807, 2.05) is 0 Å². The second-order valence-corrected chi connectivity index (χ2v) is 8.93. The van der Waals surface area contributed by atoms with Gasteiger partial charge in [-0.2, -0.15) is 0 Å². The topological polar surface area (TPSA) is 55.4 Å². The maximum absolute atomic E-state index is 12.4. The molecule has 2 rings (SSSR count). The lowest BCUT2D eigenvalue weighted by Crippen LogP contribution is -2.39. The summed E-state index contributed by atoms with van der Waals surface area (Å²) in [4.78, 5) is 0.297. The van der Waals surface area contributed by atoms with Gasteiger partial charge in [-0.15, -0.1) is 0 Å². The van der Waals surface area contributed by atoms with Gasteiger partial charge in [0.25, 0.3) is 0 Å². The molecule has 4 nitrogen and oxygen atoms in total. The Kier molecular flexibility index (Phi) is 5.17. The van der Waals surface area contributed by atoms with Gasteiger partial charge in [-0.25, -0.2) is 13.1 Å². The van der Waals surface area contributed by atoms with Crippen LogP contribution < -0.4 is 9.46 Å². The molecule has 5 heteroatoms. The maximum atomic E-state index is 12.4. The van der Waals surface area contributed by atoms with E-state index >= 15 is 0 Å². The molecule has 1 aromatic carbocycles. The normalized spacial score (nSPS) is 23.3. The van der Waals surface area contributed by atoms with Gasteiger partial charge in [0.05, 0.1) is 12.0 Å². The number of methoxy groups -OCH3 is 1. The van der Waals surface area contributed by atoms with Crippen molar-refractivity contribution in [3.63, 3.8) is 0 Å². The molecule has 0 atom stereocenters. The zero-order valence-corrected chi connectivity index (χ0v) is 14.7. The second-order valence-electron chi connectivity index (χ2n) is 7.21. The molecule has 1 aliphatic rings. The number of ether oxygens (including phenoxy) is 1. The first-order valence-corrected chi connectivity index (χ1v) is 9.37. The predicted molar refractivity (Wildman–Crippen MR) is 88.5 cm³/mol. The van der Waals surface area contributed by atoms with Crippen LogP contribution in [0.2, 0.25) is 0 Å². The standard InChI is InChI=1S/C17H27NO3S/c1-17(2,3)13-5-7-14(8-6-13)18-22(19,20)16-11-9-15(21-4)10-12-16/h9-14,18H,5-8H2,1-4H3. The van der Waals surface area contributed by atoms with Crippen LogP contribution in [0.25, 0.3) is 0 Å². The second kappa shape index (κ2) is 6.59. The summed E-state index contributed by atoms with van der Waals surface area (Å²) in [6.45, 7) is 6.79. The number of hydrogen-bond acceptors (Lipinski definition) is 3. The van der Waals surface area contributed by atoms with Crippen LogP contribution in [0.3, 0.4) is 0 Å². The number of hydrogen-bond donors (Lipinski definition) is 1. The number of sulfonamides is 1. The third-order valence-corrected chi connectivity index (χ3v) is 6.18. The molecule has 0 heterocycles. The van der Waals surface area contributed by atoms with Crippen molar-refractivity contribution in [3.8, 4) is 5.75 Å². The summed E-state index contributed by atoms with van der Waals surface area (Å²) >= 11 is 0. The highest BCUT2D eigenvalue weighted by atomic mass is 32.2. The number of rotatable bonds is 4. The lowest BCUT2D eigenvalue weighted by atomic mass is 9.71. The largest absolute Gasteiger partial charge is 0.497 e. The Morgan fingerprint density at radius 1 is 1.05 bits per heavy atom. The minimum atomic E-state index is -3.44. The van der Waals surface area contributed by atoms with Crippen LogP contribution in [0.4, 0.5) is 0 Å².